The molecule has 0 radical (unpaired) electrons. The molecule has 0 aliphatic carbocycles. The van der Waals surface area contributed by atoms with E-state index in [2.05, 4.69) is 24.8 Å². The van der Waals surface area contributed by atoms with E-state index in [1.807, 2.05) is 13.0 Å². The number of aromatic nitrogens is 4. The monoisotopic (exact) mass is 284 g/mol. The average molecular weight is 284 g/mol. The van der Waals surface area contributed by atoms with E-state index in [0.717, 1.165) is 55.5 Å². The van der Waals surface area contributed by atoms with Gasteiger partial charge in [-0.05, 0) is 38.3 Å². The molecule has 0 aromatic carbocycles. The van der Waals surface area contributed by atoms with Crippen molar-refractivity contribution in [3.05, 3.63) is 30.4 Å². The lowest BCUT2D eigenvalue weighted by Crippen LogP contribution is -2.37. The summed E-state index contributed by atoms with van der Waals surface area (Å²) in [5.74, 6) is 1.40. The van der Waals surface area contributed by atoms with Crippen LogP contribution in [-0.2, 0) is 0 Å². The van der Waals surface area contributed by atoms with Gasteiger partial charge in [-0.3, -0.25) is 9.97 Å². The first-order valence-electron chi connectivity index (χ1n) is 7.34. The van der Waals surface area contributed by atoms with Gasteiger partial charge in [-0.2, -0.15) is 0 Å². The van der Waals surface area contributed by atoms with Crippen molar-refractivity contribution in [1.29, 1.82) is 0 Å². The summed E-state index contributed by atoms with van der Waals surface area (Å²) in [6, 6.07) is 1.88. The summed E-state index contributed by atoms with van der Waals surface area (Å²) >= 11 is 0. The summed E-state index contributed by atoms with van der Waals surface area (Å²) in [5.41, 5.74) is 8.26. The van der Waals surface area contributed by atoms with Crippen molar-refractivity contribution in [2.24, 2.45) is 11.7 Å². The number of anilines is 1. The topological polar surface area (TPSA) is 80.8 Å². The van der Waals surface area contributed by atoms with Gasteiger partial charge in [0.1, 0.15) is 5.69 Å². The number of rotatable bonds is 3. The van der Waals surface area contributed by atoms with Gasteiger partial charge in [0, 0.05) is 31.7 Å². The molecule has 1 saturated heterocycles. The van der Waals surface area contributed by atoms with Crippen molar-refractivity contribution >= 4 is 5.95 Å². The summed E-state index contributed by atoms with van der Waals surface area (Å²) in [7, 11) is 0. The highest BCUT2D eigenvalue weighted by Crippen LogP contribution is 2.22. The van der Waals surface area contributed by atoms with Gasteiger partial charge >= 0.3 is 0 Å². The fraction of sp³-hybridized carbons (Fsp3) is 0.467. The van der Waals surface area contributed by atoms with Crippen molar-refractivity contribution in [3.8, 4) is 11.4 Å². The molecule has 2 N–H and O–H groups in total. The van der Waals surface area contributed by atoms with Crippen LogP contribution in [-0.4, -0.2) is 39.6 Å². The number of piperidine rings is 1. The first kappa shape index (κ1) is 13.9. The highest BCUT2D eigenvalue weighted by molar-refractivity contribution is 5.57. The lowest BCUT2D eigenvalue weighted by atomic mass is 9.97. The number of nitrogens with zero attached hydrogens (tertiary/aromatic N) is 5. The maximum Gasteiger partial charge on any atom is 0.225 e. The highest BCUT2D eigenvalue weighted by atomic mass is 15.3. The second-order valence-corrected chi connectivity index (χ2v) is 5.40. The molecule has 0 spiro atoms. The Morgan fingerprint density at radius 1 is 1.14 bits per heavy atom. The number of nitrogens with two attached hydrogens (primary N) is 1. The van der Waals surface area contributed by atoms with Crippen LogP contribution in [0, 0.1) is 12.8 Å². The van der Waals surface area contributed by atoms with Crippen LogP contribution in [0.1, 0.15) is 18.5 Å². The highest BCUT2D eigenvalue weighted by Gasteiger charge is 2.20. The van der Waals surface area contributed by atoms with Gasteiger partial charge in [0.05, 0.1) is 11.4 Å². The van der Waals surface area contributed by atoms with Crippen LogP contribution in [0.2, 0.25) is 0 Å². The molecule has 0 unspecified atom stereocenters. The van der Waals surface area contributed by atoms with Crippen molar-refractivity contribution in [1.82, 2.24) is 19.9 Å². The zero-order chi connectivity index (χ0) is 14.7. The van der Waals surface area contributed by atoms with Gasteiger partial charge in [0.2, 0.25) is 5.95 Å². The van der Waals surface area contributed by atoms with Crippen molar-refractivity contribution in [3.63, 3.8) is 0 Å². The van der Waals surface area contributed by atoms with E-state index in [9.17, 15) is 0 Å². The molecule has 0 atom stereocenters. The largest absolute Gasteiger partial charge is 0.341 e. The average Bonchev–Trinajstić information content (AvgIpc) is 2.55. The maximum absolute atomic E-state index is 5.74. The predicted octanol–water partition coefficient (Wildman–Crippen LogP) is 1.42. The minimum Gasteiger partial charge on any atom is -0.341 e. The molecule has 21 heavy (non-hydrogen) atoms. The Labute approximate surface area is 124 Å². The van der Waals surface area contributed by atoms with Gasteiger partial charge in [-0.25, -0.2) is 9.97 Å². The Kier molecular flexibility index (Phi) is 4.06. The SMILES string of the molecule is Cc1nccnc1-c1ccnc(N2CCC(CN)CC2)n1. The molecular formula is C15H20N6. The van der Waals surface area contributed by atoms with Crippen LogP contribution >= 0.6 is 0 Å². The third kappa shape index (κ3) is 3.00. The second-order valence-electron chi connectivity index (χ2n) is 5.40. The van der Waals surface area contributed by atoms with E-state index < -0.39 is 0 Å². The van der Waals surface area contributed by atoms with Gasteiger partial charge in [-0.15, -0.1) is 0 Å². The van der Waals surface area contributed by atoms with Crippen molar-refractivity contribution in [2.45, 2.75) is 19.8 Å². The smallest absolute Gasteiger partial charge is 0.225 e. The molecule has 2 aromatic heterocycles. The molecule has 2 aromatic rings. The third-order valence-corrected chi connectivity index (χ3v) is 4.00. The summed E-state index contributed by atoms with van der Waals surface area (Å²) in [5, 5.41) is 0. The zero-order valence-corrected chi connectivity index (χ0v) is 12.2. The fourth-order valence-electron chi connectivity index (χ4n) is 2.66. The fourth-order valence-corrected chi connectivity index (χ4v) is 2.66. The molecule has 0 amide bonds. The van der Waals surface area contributed by atoms with Gasteiger partial charge in [-0.1, -0.05) is 0 Å². The van der Waals surface area contributed by atoms with E-state index in [4.69, 9.17) is 5.73 Å². The molecular weight excluding hydrogens is 264 g/mol. The molecule has 1 aliphatic rings. The van der Waals surface area contributed by atoms with Crippen LogP contribution in [0.5, 0.6) is 0 Å². The maximum atomic E-state index is 5.74. The van der Waals surface area contributed by atoms with Crippen molar-refractivity contribution < 1.29 is 0 Å². The van der Waals surface area contributed by atoms with E-state index >= 15 is 0 Å². The van der Waals surface area contributed by atoms with Gasteiger partial charge in [0.25, 0.3) is 0 Å². The summed E-state index contributed by atoms with van der Waals surface area (Å²) < 4.78 is 0. The number of aryl methyl sites for hydroxylation is 1. The summed E-state index contributed by atoms with van der Waals surface area (Å²) in [4.78, 5) is 19.9. The molecule has 1 fully saturated rings. The summed E-state index contributed by atoms with van der Waals surface area (Å²) in [6.45, 7) is 4.64. The quantitative estimate of drug-likeness (QED) is 0.918. The normalized spacial score (nSPS) is 16.2. The molecule has 6 heteroatoms. The Morgan fingerprint density at radius 3 is 2.62 bits per heavy atom. The number of hydrogen-bond donors (Lipinski definition) is 1. The zero-order valence-electron chi connectivity index (χ0n) is 12.2. The Bertz CT molecular complexity index is 607. The van der Waals surface area contributed by atoms with Crippen LogP contribution < -0.4 is 10.6 Å². The number of hydrogen-bond acceptors (Lipinski definition) is 6. The third-order valence-electron chi connectivity index (χ3n) is 4.00. The lowest BCUT2D eigenvalue weighted by molar-refractivity contribution is 0.411. The molecule has 0 bridgehead atoms. The van der Waals surface area contributed by atoms with Crippen molar-refractivity contribution in [2.75, 3.05) is 24.5 Å². The summed E-state index contributed by atoms with van der Waals surface area (Å²) in [6.07, 6.45) is 7.39. The molecule has 1 aliphatic heterocycles. The molecule has 6 nitrogen and oxygen atoms in total. The standard InChI is InChI=1S/C15H20N6/c1-11-14(18-7-6-17-11)13-2-5-19-15(20-13)21-8-3-12(10-16)4-9-21/h2,5-7,12H,3-4,8-10,16H2,1H3. The molecule has 0 saturated carbocycles. The molecule has 3 heterocycles. The van der Waals surface area contributed by atoms with Crippen LogP contribution in [0.4, 0.5) is 5.95 Å². The van der Waals surface area contributed by atoms with Crippen LogP contribution in [0.15, 0.2) is 24.7 Å². The molecule has 3 rings (SSSR count). The van der Waals surface area contributed by atoms with Gasteiger partial charge in [0.15, 0.2) is 0 Å². The van der Waals surface area contributed by atoms with Crippen LogP contribution in [0.3, 0.4) is 0 Å². The second kappa shape index (κ2) is 6.13. The van der Waals surface area contributed by atoms with Gasteiger partial charge < -0.3 is 10.6 Å². The first-order chi connectivity index (χ1) is 10.3. The Balaban J connectivity index is 1.83. The molecule has 110 valence electrons. The minimum atomic E-state index is 0.631. The first-order valence-corrected chi connectivity index (χ1v) is 7.34. The van der Waals surface area contributed by atoms with E-state index in [1.54, 1.807) is 18.6 Å². The lowest BCUT2D eigenvalue weighted by Gasteiger charge is -2.31. The van der Waals surface area contributed by atoms with E-state index in [-0.39, 0.29) is 0 Å². The van der Waals surface area contributed by atoms with E-state index in [0.29, 0.717) is 5.92 Å². The predicted molar refractivity (Wildman–Crippen MR) is 81.8 cm³/mol. The minimum absolute atomic E-state index is 0.631. The van der Waals surface area contributed by atoms with Crippen LogP contribution in [0.25, 0.3) is 11.4 Å². The Hall–Kier alpha value is -2.08. The Morgan fingerprint density at radius 2 is 1.90 bits per heavy atom. The van der Waals surface area contributed by atoms with E-state index in [1.165, 1.54) is 0 Å².